The summed E-state index contributed by atoms with van der Waals surface area (Å²) < 4.78 is 0. The summed E-state index contributed by atoms with van der Waals surface area (Å²) in [7, 11) is 0. The minimum atomic E-state index is -1.29. The van der Waals surface area contributed by atoms with Gasteiger partial charge in [0.05, 0.1) is 19.5 Å². The van der Waals surface area contributed by atoms with Crippen LogP contribution in [-0.4, -0.2) is 68.4 Å². The molecule has 8 heteroatoms. The number of carboxylic acids is 1. The molecule has 1 amide bonds. The van der Waals surface area contributed by atoms with Gasteiger partial charge in [0.2, 0.25) is 0 Å². The first-order valence-corrected chi connectivity index (χ1v) is 4.89. The van der Waals surface area contributed by atoms with Crippen LogP contribution in [0.3, 0.4) is 0 Å². The molecular weight excluding hydrogens is 230 g/mol. The number of carboxylic acid groups (broad SMARTS) is 1. The molecule has 1 aromatic rings. The van der Waals surface area contributed by atoms with Crippen LogP contribution in [0.15, 0.2) is 6.33 Å². The summed E-state index contributed by atoms with van der Waals surface area (Å²) in [5.41, 5.74) is -0.546. The molecule has 0 saturated carbocycles. The van der Waals surface area contributed by atoms with E-state index in [9.17, 15) is 9.59 Å². The maximum atomic E-state index is 11.9. The van der Waals surface area contributed by atoms with Gasteiger partial charge in [-0.2, -0.15) is 0 Å². The van der Waals surface area contributed by atoms with E-state index in [-0.39, 0.29) is 37.7 Å². The number of H-pyrrole nitrogens is 1. The number of nitrogens with one attached hydrogen (secondary N) is 1. The molecule has 0 fully saturated rings. The zero-order valence-electron chi connectivity index (χ0n) is 8.96. The number of nitrogens with zero attached hydrogens (tertiary/aromatic N) is 2. The summed E-state index contributed by atoms with van der Waals surface area (Å²) in [6, 6.07) is 0. The van der Waals surface area contributed by atoms with Gasteiger partial charge in [-0.05, 0) is 0 Å². The summed E-state index contributed by atoms with van der Waals surface area (Å²) in [5.74, 6) is -1.94. The highest BCUT2D eigenvalue weighted by Crippen LogP contribution is 2.07. The van der Waals surface area contributed by atoms with Crippen LogP contribution in [0, 0.1) is 0 Å². The van der Waals surface area contributed by atoms with Crippen LogP contribution in [0.2, 0.25) is 0 Å². The third-order valence-electron chi connectivity index (χ3n) is 2.08. The zero-order chi connectivity index (χ0) is 12.8. The lowest BCUT2D eigenvalue weighted by atomic mass is 10.3. The SMILES string of the molecule is O=C(O)c1[nH]cnc1C(=O)N(CCO)CCO. The minimum Gasteiger partial charge on any atom is -0.477 e. The van der Waals surface area contributed by atoms with Gasteiger partial charge < -0.3 is 25.2 Å². The Labute approximate surface area is 96.5 Å². The van der Waals surface area contributed by atoms with E-state index >= 15 is 0 Å². The maximum Gasteiger partial charge on any atom is 0.354 e. The van der Waals surface area contributed by atoms with Crippen LogP contribution in [0.4, 0.5) is 0 Å². The number of hydrogen-bond acceptors (Lipinski definition) is 5. The van der Waals surface area contributed by atoms with Gasteiger partial charge in [0.15, 0.2) is 11.4 Å². The monoisotopic (exact) mass is 243 g/mol. The van der Waals surface area contributed by atoms with Gasteiger partial charge in [0.25, 0.3) is 5.91 Å². The number of aromatic carboxylic acids is 1. The highest BCUT2D eigenvalue weighted by molar-refractivity contribution is 6.02. The molecule has 0 spiro atoms. The number of hydrogen-bond donors (Lipinski definition) is 4. The van der Waals surface area contributed by atoms with E-state index in [1.54, 1.807) is 0 Å². The van der Waals surface area contributed by atoms with Gasteiger partial charge in [-0.1, -0.05) is 0 Å². The fraction of sp³-hybridized carbons (Fsp3) is 0.444. The van der Waals surface area contributed by atoms with Crippen molar-refractivity contribution in [3.63, 3.8) is 0 Å². The molecule has 0 aromatic carbocycles. The van der Waals surface area contributed by atoms with Crippen molar-refractivity contribution < 1.29 is 24.9 Å². The van der Waals surface area contributed by atoms with E-state index in [1.807, 2.05) is 0 Å². The molecule has 17 heavy (non-hydrogen) atoms. The first kappa shape index (κ1) is 13.1. The molecule has 0 aliphatic carbocycles. The Morgan fingerprint density at radius 1 is 1.29 bits per heavy atom. The smallest absolute Gasteiger partial charge is 0.354 e. The number of aromatic amines is 1. The first-order valence-electron chi connectivity index (χ1n) is 4.89. The zero-order valence-corrected chi connectivity index (χ0v) is 8.96. The maximum absolute atomic E-state index is 11.9. The van der Waals surface area contributed by atoms with E-state index in [1.165, 1.54) is 0 Å². The van der Waals surface area contributed by atoms with Gasteiger partial charge in [0.1, 0.15) is 0 Å². The van der Waals surface area contributed by atoms with E-state index in [2.05, 4.69) is 9.97 Å². The Bertz CT molecular complexity index is 397. The number of carbonyl (C=O) groups excluding carboxylic acids is 1. The van der Waals surface area contributed by atoms with Gasteiger partial charge in [-0.3, -0.25) is 4.79 Å². The Balaban J connectivity index is 2.92. The van der Waals surface area contributed by atoms with E-state index in [4.69, 9.17) is 15.3 Å². The number of rotatable bonds is 6. The molecule has 0 saturated heterocycles. The third-order valence-corrected chi connectivity index (χ3v) is 2.08. The molecule has 0 aliphatic heterocycles. The number of imidazole rings is 1. The molecule has 0 aliphatic rings. The van der Waals surface area contributed by atoms with Crippen LogP contribution >= 0.6 is 0 Å². The van der Waals surface area contributed by atoms with Crippen LogP contribution in [-0.2, 0) is 0 Å². The fourth-order valence-electron chi connectivity index (χ4n) is 1.33. The molecule has 1 aromatic heterocycles. The van der Waals surface area contributed by atoms with Gasteiger partial charge in [0, 0.05) is 13.1 Å². The van der Waals surface area contributed by atoms with E-state index in [0.29, 0.717) is 0 Å². The third kappa shape index (κ3) is 3.02. The van der Waals surface area contributed by atoms with Crippen LogP contribution in [0.5, 0.6) is 0 Å². The van der Waals surface area contributed by atoms with Crippen molar-refractivity contribution in [2.45, 2.75) is 0 Å². The number of aromatic nitrogens is 2. The topological polar surface area (TPSA) is 127 Å². The second-order valence-electron chi connectivity index (χ2n) is 3.17. The molecule has 8 nitrogen and oxygen atoms in total. The van der Waals surface area contributed by atoms with E-state index < -0.39 is 11.9 Å². The molecule has 1 rings (SSSR count). The number of aliphatic hydroxyl groups is 2. The predicted octanol–water partition coefficient (Wildman–Crippen LogP) is -1.47. The highest BCUT2D eigenvalue weighted by Gasteiger charge is 2.23. The lowest BCUT2D eigenvalue weighted by Crippen LogP contribution is -2.36. The highest BCUT2D eigenvalue weighted by atomic mass is 16.4. The molecule has 0 radical (unpaired) electrons. The summed E-state index contributed by atoms with van der Waals surface area (Å²) in [6.07, 6.45) is 1.10. The van der Waals surface area contributed by atoms with Crippen molar-refractivity contribution in [2.24, 2.45) is 0 Å². The first-order chi connectivity index (χ1) is 8.11. The van der Waals surface area contributed by atoms with E-state index in [0.717, 1.165) is 11.2 Å². The Morgan fingerprint density at radius 2 is 1.88 bits per heavy atom. The number of carbonyl (C=O) groups is 2. The molecule has 94 valence electrons. The summed E-state index contributed by atoms with van der Waals surface area (Å²) in [5, 5.41) is 26.3. The van der Waals surface area contributed by atoms with Crippen molar-refractivity contribution in [3.8, 4) is 0 Å². The van der Waals surface area contributed by atoms with Crippen molar-refractivity contribution >= 4 is 11.9 Å². The Hall–Kier alpha value is -1.93. The largest absolute Gasteiger partial charge is 0.477 e. The molecule has 0 bridgehead atoms. The van der Waals surface area contributed by atoms with Crippen molar-refractivity contribution in [3.05, 3.63) is 17.7 Å². The summed E-state index contributed by atoms with van der Waals surface area (Å²) in [6.45, 7) is -0.548. The van der Waals surface area contributed by atoms with Gasteiger partial charge >= 0.3 is 5.97 Å². The Morgan fingerprint density at radius 3 is 2.35 bits per heavy atom. The van der Waals surface area contributed by atoms with Gasteiger partial charge in [-0.15, -0.1) is 0 Å². The molecule has 0 unspecified atom stereocenters. The quantitative estimate of drug-likeness (QED) is 0.483. The average Bonchev–Trinajstić information content (AvgIpc) is 2.76. The van der Waals surface area contributed by atoms with Crippen molar-refractivity contribution in [2.75, 3.05) is 26.3 Å². The average molecular weight is 243 g/mol. The second kappa shape index (κ2) is 5.97. The summed E-state index contributed by atoms with van der Waals surface area (Å²) >= 11 is 0. The fourth-order valence-corrected chi connectivity index (χ4v) is 1.33. The Kier molecular flexibility index (Phi) is 4.61. The van der Waals surface area contributed by atoms with Gasteiger partial charge in [-0.25, -0.2) is 9.78 Å². The molecule has 1 heterocycles. The number of aliphatic hydroxyl groups excluding tert-OH is 2. The predicted molar refractivity (Wildman–Crippen MR) is 55.6 cm³/mol. The van der Waals surface area contributed by atoms with Crippen molar-refractivity contribution in [1.29, 1.82) is 0 Å². The standard InChI is InChI=1S/C9H13N3O5/c13-3-1-12(2-4-14)8(15)6-7(9(16)17)11-5-10-6/h5,13-14H,1-4H2,(H,10,11)(H,16,17). The van der Waals surface area contributed by atoms with Crippen molar-refractivity contribution in [1.82, 2.24) is 14.9 Å². The van der Waals surface area contributed by atoms with Crippen LogP contribution in [0.1, 0.15) is 21.0 Å². The molecule has 4 N–H and O–H groups in total. The molecular formula is C9H13N3O5. The van der Waals surface area contributed by atoms with Crippen LogP contribution in [0.25, 0.3) is 0 Å². The lowest BCUT2D eigenvalue weighted by Gasteiger charge is -2.19. The second-order valence-corrected chi connectivity index (χ2v) is 3.17. The lowest BCUT2D eigenvalue weighted by molar-refractivity contribution is 0.0644. The molecule has 0 atom stereocenters. The minimum absolute atomic E-state index is 0.00527. The summed E-state index contributed by atoms with van der Waals surface area (Å²) in [4.78, 5) is 29.8. The van der Waals surface area contributed by atoms with Crippen LogP contribution < -0.4 is 0 Å². The normalized spacial score (nSPS) is 10.2. The number of amides is 1.